The number of para-hydroxylation sites is 2. The Kier molecular flexibility index (Phi) is 7.16. The van der Waals surface area contributed by atoms with Gasteiger partial charge < -0.3 is 10.1 Å². The highest BCUT2D eigenvalue weighted by Crippen LogP contribution is 2.28. The van der Waals surface area contributed by atoms with Crippen LogP contribution in [0.3, 0.4) is 0 Å². The average molecular weight is 437 g/mol. The van der Waals surface area contributed by atoms with E-state index < -0.39 is 15.9 Å². The van der Waals surface area contributed by atoms with Crippen LogP contribution in [0.5, 0.6) is 5.75 Å². The van der Waals surface area contributed by atoms with Crippen molar-refractivity contribution in [3.8, 4) is 5.75 Å². The fraction of sp³-hybridized carbons (Fsp3) is 0.381. The number of hydrogen-bond donors (Lipinski definition) is 1. The van der Waals surface area contributed by atoms with Gasteiger partial charge in [-0.05, 0) is 49.6 Å². The van der Waals surface area contributed by atoms with Crippen LogP contribution in [0.1, 0.15) is 43.0 Å². The monoisotopic (exact) mass is 436 g/mol. The third-order valence-corrected chi connectivity index (χ3v) is 6.96. The molecule has 156 valence electrons. The quantitative estimate of drug-likeness (QED) is 0.690. The Morgan fingerprint density at radius 3 is 2.59 bits per heavy atom. The summed E-state index contributed by atoms with van der Waals surface area (Å²) in [5.41, 5.74) is 0.612. The van der Waals surface area contributed by atoms with Crippen molar-refractivity contribution < 1.29 is 17.9 Å². The van der Waals surface area contributed by atoms with Crippen molar-refractivity contribution >= 4 is 33.2 Å². The van der Waals surface area contributed by atoms with E-state index in [4.69, 9.17) is 16.3 Å². The molecule has 1 fully saturated rings. The lowest BCUT2D eigenvalue weighted by Gasteiger charge is -2.26. The van der Waals surface area contributed by atoms with E-state index in [1.807, 2.05) is 13.0 Å². The first kappa shape index (κ1) is 21.6. The Balaban J connectivity index is 1.86. The summed E-state index contributed by atoms with van der Waals surface area (Å²) in [6.45, 7) is 3.51. The molecule has 0 bridgehead atoms. The maximum absolute atomic E-state index is 12.9. The van der Waals surface area contributed by atoms with Crippen LogP contribution in [0, 0.1) is 0 Å². The highest BCUT2D eigenvalue weighted by molar-refractivity contribution is 7.89. The number of sulfonamides is 1. The van der Waals surface area contributed by atoms with Crippen molar-refractivity contribution in [2.75, 3.05) is 25.0 Å². The van der Waals surface area contributed by atoms with Crippen molar-refractivity contribution in [1.82, 2.24) is 4.31 Å². The second-order valence-corrected chi connectivity index (χ2v) is 9.25. The molecule has 1 N–H and O–H groups in total. The third kappa shape index (κ3) is 5.10. The number of nitrogens with zero attached hydrogens (tertiary/aromatic N) is 1. The normalized spacial score (nSPS) is 15.1. The molecule has 8 heteroatoms. The van der Waals surface area contributed by atoms with Gasteiger partial charge in [0.05, 0.1) is 27.8 Å². The van der Waals surface area contributed by atoms with Crippen molar-refractivity contribution in [3.05, 3.63) is 53.1 Å². The molecule has 0 atom stereocenters. The Hall–Kier alpha value is -2.09. The molecule has 0 radical (unpaired) electrons. The van der Waals surface area contributed by atoms with E-state index in [9.17, 15) is 13.2 Å². The van der Waals surface area contributed by atoms with Gasteiger partial charge >= 0.3 is 0 Å². The molecular weight excluding hydrogens is 412 g/mol. The van der Waals surface area contributed by atoms with Gasteiger partial charge in [-0.2, -0.15) is 4.31 Å². The summed E-state index contributed by atoms with van der Waals surface area (Å²) in [6.07, 6.45) is 3.55. The van der Waals surface area contributed by atoms with Crippen molar-refractivity contribution in [2.24, 2.45) is 0 Å². The lowest BCUT2D eigenvalue weighted by molar-refractivity contribution is 0.102. The molecule has 0 saturated carbocycles. The molecule has 6 nitrogen and oxygen atoms in total. The molecule has 2 aromatic rings. The van der Waals surface area contributed by atoms with E-state index in [0.29, 0.717) is 31.1 Å². The average Bonchev–Trinajstić information content (AvgIpc) is 2.74. The van der Waals surface area contributed by atoms with Gasteiger partial charge in [0.1, 0.15) is 5.75 Å². The number of ether oxygens (including phenoxy) is 1. The van der Waals surface area contributed by atoms with Gasteiger partial charge in [-0.3, -0.25) is 4.79 Å². The van der Waals surface area contributed by atoms with E-state index in [1.165, 1.54) is 22.5 Å². The second-order valence-electron chi connectivity index (χ2n) is 6.91. The van der Waals surface area contributed by atoms with E-state index in [1.54, 1.807) is 18.2 Å². The zero-order chi connectivity index (χ0) is 20.9. The Labute approximate surface area is 176 Å². The Morgan fingerprint density at radius 1 is 1.14 bits per heavy atom. The van der Waals surface area contributed by atoms with Gasteiger partial charge in [0, 0.05) is 13.1 Å². The zero-order valence-electron chi connectivity index (χ0n) is 16.4. The smallest absolute Gasteiger partial charge is 0.257 e. The summed E-state index contributed by atoms with van der Waals surface area (Å²) in [5, 5.41) is 2.97. The highest BCUT2D eigenvalue weighted by atomic mass is 35.5. The number of nitrogens with one attached hydrogen (secondary N) is 1. The van der Waals surface area contributed by atoms with E-state index in [-0.39, 0.29) is 15.5 Å². The summed E-state index contributed by atoms with van der Waals surface area (Å²) >= 11 is 6.22. The van der Waals surface area contributed by atoms with Crippen LogP contribution < -0.4 is 10.1 Å². The number of carbonyl (C=O) groups is 1. The third-order valence-electron chi connectivity index (χ3n) is 4.73. The van der Waals surface area contributed by atoms with Gasteiger partial charge in [-0.15, -0.1) is 0 Å². The van der Waals surface area contributed by atoms with Gasteiger partial charge in [0.2, 0.25) is 10.0 Å². The van der Waals surface area contributed by atoms with Crippen LogP contribution >= 0.6 is 11.6 Å². The largest absolute Gasteiger partial charge is 0.491 e. The van der Waals surface area contributed by atoms with Crippen LogP contribution in [0.25, 0.3) is 0 Å². The first-order chi connectivity index (χ1) is 13.9. The second kappa shape index (κ2) is 9.61. The molecule has 0 spiro atoms. The minimum atomic E-state index is -3.66. The van der Waals surface area contributed by atoms with Gasteiger partial charge in [0.25, 0.3) is 5.91 Å². The molecule has 29 heavy (non-hydrogen) atoms. The highest BCUT2D eigenvalue weighted by Gasteiger charge is 2.27. The first-order valence-corrected chi connectivity index (χ1v) is 11.6. The molecule has 3 rings (SSSR count). The predicted molar refractivity (Wildman–Crippen MR) is 114 cm³/mol. The standard InChI is InChI=1S/C21H25ClN2O4S/c1-2-14-28-20-9-5-4-8-19(20)23-21(25)17-15-16(10-11-18(17)22)29(26,27)24-12-6-3-7-13-24/h4-5,8-11,15H,2-3,6-7,12-14H2,1H3,(H,23,25). The maximum atomic E-state index is 12.9. The summed E-state index contributed by atoms with van der Waals surface area (Å²) in [6, 6.07) is 11.3. The van der Waals surface area contributed by atoms with E-state index >= 15 is 0 Å². The SMILES string of the molecule is CCCOc1ccccc1NC(=O)c1cc(S(=O)(=O)N2CCCCC2)ccc1Cl. The van der Waals surface area contributed by atoms with Crippen LogP contribution in [0.4, 0.5) is 5.69 Å². The number of benzene rings is 2. The maximum Gasteiger partial charge on any atom is 0.257 e. The first-order valence-electron chi connectivity index (χ1n) is 9.76. The number of rotatable bonds is 7. The Morgan fingerprint density at radius 2 is 1.86 bits per heavy atom. The summed E-state index contributed by atoms with van der Waals surface area (Å²) < 4.78 is 33.0. The number of amides is 1. The molecule has 0 unspecified atom stereocenters. The predicted octanol–water partition coefficient (Wildman–Crippen LogP) is 4.56. The summed E-state index contributed by atoms with van der Waals surface area (Å²) in [5.74, 6) is 0.0640. The fourth-order valence-corrected chi connectivity index (χ4v) is 4.94. The molecule has 1 amide bonds. The minimum Gasteiger partial charge on any atom is -0.491 e. The van der Waals surface area contributed by atoms with E-state index in [2.05, 4.69) is 5.32 Å². The lowest BCUT2D eigenvalue weighted by Crippen LogP contribution is -2.35. The Bertz CT molecular complexity index is 972. The number of hydrogen-bond acceptors (Lipinski definition) is 4. The molecule has 1 aliphatic rings. The van der Waals surface area contributed by atoms with E-state index in [0.717, 1.165) is 25.7 Å². The van der Waals surface area contributed by atoms with Crippen molar-refractivity contribution in [1.29, 1.82) is 0 Å². The van der Waals surface area contributed by atoms with Crippen LogP contribution in [-0.4, -0.2) is 38.3 Å². The molecule has 0 aliphatic carbocycles. The zero-order valence-corrected chi connectivity index (χ0v) is 17.9. The number of piperidine rings is 1. The summed E-state index contributed by atoms with van der Waals surface area (Å²) in [4.78, 5) is 12.9. The minimum absolute atomic E-state index is 0.0736. The van der Waals surface area contributed by atoms with Gasteiger partial charge in [-0.25, -0.2) is 8.42 Å². The number of carbonyl (C=O) groups excluding carboxylic acids is 1. The molecule has 1 aliphatic heterocycles. The molecule has 2 aromatic carbocycles. The van der Waals surface area contributed by atoms with Gasteiger partial charge in [0.15, 0.2) is 0 Å². The number of anilines is 1. The van der Waals surface area contributed by atoms with Gasteiger partial charge in [-0.1, -0.05) is 37.1 Å². The molecule has 1 heterocycles. The lowest BCUT2D eigenvalue weighted by atomic mass is 10.2. The van der Waals surface area contributed by atoms with Crippen molar-refractivity contribution in [2.45, 2.75) is 37.5 Å². The number of halogens is 1. The topological polar surface area (TPSA) is 75.7 Å². The summed E-state index contributed by atoms with van der Waals surface area (Å²) in [7, 11) is -3.66. The van der Waals surface area contributed by atoms with Crippen LogP contribution in [-0.2, 0) is 10.0 Å². The molecule has 0 aromatic heterocycles. The molecule has 1 saturated heterocycles. The van der Waals surface area contributed by atoms with Crippen molar-refractivity contribution in [3.63, 3.8) is 0 Å². The fourth-order valence-electron chi connectivity index (χ4n) is 3.19. The van der Waals surface area contributed by atoms with Crippen LogP contribution in [0.2, 0.25) is 5.02 Å². The molecular formula is C21H25ClN2O4S. The van der Waals surface area contributed by atoms with Crippen LogP contribution in [0.15, 0.2) is 47.4 Å².